The second kappa shape index (κ2) is 8.37. The quantitative estimate of drug-likeness (QED) is 0.642. The number of benzene rings is 2. The summed E-state index contributed by atoms with van der Waals surface area (Å²) in [7, 11) is -3.28. The molecule has 29 heavy (non-hydrogen) atoms. The number of imidazole rings is 1. The maximum absolute atomic E-state index is 12.7. The Bertz CT molecular complexity index is 1120. The largest absolute Gasteiger partial charge is 0.348 e. The molecule has 0 saturated heterocycles. The Kier molecular flexibility index (Phi) is 6.07. The van der Waals surface area contributed by atoms with Gasteiger partial charge in [-0.3, -0.25) is 4.79 Å². The first-order chi connectivity index (χ1) is 13.6. The molecule has 0 aliphatic carbocycles. The van der Waals surface area contributed by atoms with E-state index in [-0.39, 0.29) is 24.2 Å². The highest BCUT2D eigenvalue weighted by molar-refractivity contribution is 7.89. The lowest BCUT2D eigenvalue weighted by Crippen LogP contribution is -2.30. The van der Waals surface area contributed by atoms with Crippen molar-refractivity contribution in [1.29, 1.82) is 0 Å². The van der Waals surface area contributed by atoms with Crippen molar-refractivity contribution in [1.82, 2.24) is 14.9 Å². The fraction of sp³-hybridized carbons (Fsp3) is 0.364. The molecule has 0 unspecified atom stereocenters. The number of para-hydroxylation sites is 2. The van der Waals surface area contributed by atoms with Gasteiger partial charge in [-0.2, -0.15) is 0 Å². The Labute approximate surface area is 171 Å². The Hall–Kier alpha value is -2.67. The summed E-state index contributed by atoms with van der Waals surface area (Å²) in [5.41, 5.74) is 3.70. The number of fused-ring (bicyclic) bond motifs is 1. The van der Waals surface area contributed by atoms with Crippen LogP contribution in [0.2, 0.25) is 0 Å². The number of sulfone groups is 1. The van der Waals surface area contributed by atoms with Gasteiger partial charge in [0.25, 0.3) is 0 Å². The SMILES string of the molecule is CC(C)c1ccc([C@@H](C)NC(=O)Cn2c(CS(C)(=O)=O)nc3ccccc32)cc1. The van der Waals surface area contributed by atoms with Crippen LogP contribution in [0.25, 0.3) is 11.0 Å². The fourth-order valence-electron chi connectivity index (χ4n) is 3.33. The van der Waals surface area contributed by atoms with Gasteiger partial charge in [0.1, 0.15) is 18.1 Å². The standard InChI is InChI=1S/C22H27N3O3S/c1-15(2)17-9-11-18(12-10-17)16(3)23-22(26)13-25-20-8-6-5-7-19(20)24-21(25)14-29(4,27)28/h5-12,15-16H,13-14H2,1-4H3,(H,23,26)/t16-/m1/s1. The molecular weight excluding hydrogens is 386 g/mol. The van der Waals surface area contributed by atoms with E-state index in [0.29, 0.717) is 17.3 Å². The molecule has 0 aliphatic heterocycles. The minimum absolute atomic E-state index is 0.0137. The third-order valence-electron chi connectivity index (χ3n) is 4.91. The molecule has 0 bridgehead atoms. The van der Waals surface area contributed by atoms with Crippen LogP contribution in [0.1, 0.15) is 49.7 Å². The van der Waals surface area contributed by atoms with Crippen LogP contribution in [-0.2, 0) is 26.9 Å². The van der Waals surface area contributed by atoms with Crippen LogP contribution in [0, 0.1) is 0 Å². The molecule has 3 rings (SSSR count). The monoisotopic (exact) mass is 413 g/mol. The second-order valence-electron chi connectivity index (χ2n) is 7.78. The predicted molar refractivity (Wildman–Crippen MR) is 115 cm³/mol. The number of nitrogens with one attached hydrogen (secondary N) is 1. The van der Waals surface area contributed by atoms with E-state index in [9.17, 15) is 13.2 Å². The first-order valence-corrected chi connectivity index (χ1v) is 11.7. The van der Waals surface area contributed by atoms with Crippen molar-refractivity contribution < 1.29 is 13.2 Å². The Balaban J connectivity index is 1.79. The molecule has 6 nitrogen and oxygen atoms in total. The first-order valence-electron chi connectivity index (χ1n) is 9.65. The molecule has 2 aromatic carbocycles. The number of amides is 1. The van der Waals surface area contributed by atoms with Gasteiger partial charge in [0.05, 0.1) is 17.1 Å². The number of hydrogen-bond donors (Lipinski definition) is 1. The van der Waals surface area contributed by atoms with Crippen molar-refractivity contribution in [3.8, 4) is 0 Å². The van der Waals surface area contributed by atoms with Crippen LogP contribution < -0.4 is 5.32 Å². The van der Waals surface area contributed by atoms with Crippen LogP contribution in [0.15, 0.2) is 48.5 Å². The van der Waals surface area contributed by atoms with Crippen molar-refractivity contribution >= 4 is 26.8 Å². The van der Waals surface area contributed by atoms with Gasteiger partial charge in [-0.15, -0.1) is 0 Å². The molecule has 1 atom stereocenters. The second-order valence-corrected chi connectivity index (χ2v) is 9.92. The number of aromatic nitrogens is 2. The number of rotatable bonds is 7. The zero-order chi connectivity index (χ0) is 21.2. The van der Waals surface area contributed by atoms with Gasteiger partial charge in [-0.25, -0.2) is 13.4 Å². The van der Waals surface area contributed by atoms with Crippen LogP contribution in [0.4, 0.5) is 0 Å². The minimum Gasteiger partial charge on any atom is -0.348 e. The summed E-state index contributed by atoms with van der Waals surface area (Å²) < 4.78 is 25.3. The van der Waals surface area contributed by atoms with E-state index in [2.05, 4.69) is 36.3 Å². The van der Waals surface area contributed by atoms with Gasteiger partial charge in [-0.05, 0) is 36.1 Å². The summed E-state index contributed by atoms with van der Waals surface area (Å²) in [5, 5.41) is 3.00. The van der Waals surface area contributed by atoms with E-state index in [0.717, 1.165) is 11.1 Å². The molecule has 1 heterocycles. The van der Waals surface area contributed by atoms with E-state index < -0.39 is 9.84 Å². The lowest BCUT2D eigenvalue weighted by atomic mass is 9.99. The lowest BCUT2D eigenvalue weighted by molar-refractivity contribution is -0.122. The highest BCUT2D eigenvalue weighted by Crippen LogP contribution is 2.20. The average Bonchev–Trinajstić information content (AvgIpc) is 2.97. The fourth-order valence-corrected chi connectivity index (χ4v) is 4.02. The van der Waals surface area contributed by atoms with Crippen LogP contribution in [0.3, 0.4) is 0 Å². The summed E-state index contributed by atoms with van der Waals surface area (Å²) in [6, 6.07) is 15.4. The average molecular weight is 414 g/mol. The highest BCUT2D eigenvalue weighted by Gasteiger charge is 2.18. The van der Waals surface area contributed by atoms with Crippen LogP contribution >= 0.6 is 0 Å². The normalized spacial score (nSPS) is 13.0. The van der Waals surface area contributed by atoms with Crippen molar-refractivity contribution in [2.24, 2.45) is 0 Å². The molecule has 0 fully saturated rings. The molecule has 154 valence electrons. The van der Waals surface area contributed by atoms with E-state index in [1.165, 1.54) is 11.8 Å². The molecule has 1 N–H and O–H groups in total. The first kappa shape index (κ1) is 21.0. The smallest absolute Gasteiger partial charge is 0.240 e. The number of hydrogen-bond acceptors (Lipinski definition) is 4. The molecule has 1 aromatic heterocycles. The Morgan fingerprint density at radius 3 is 2.28 bits per heavy atom. The van der Waals surface area contributed by atoms with Gasteiger partial charge in [0, 0.05) is 6.26 Å². The topological polar surface area (TPSA) is 81.1 Å². The van der Waals surface area contributed by atoms with Gasteiger partial charge in [-0.1, -0.05) is 50.2 Å². The molecule has 7 heteroatoms. The van der Waals surface area contributed by atoms with Gasteiger partial charge >= 0.3 is 0 Å². The van der Waals surface area contributed by atoms with Gasteiger partial charge < -0.3 is 9.88 Å². The highest BCUT2D eigenvalue weighted by atomic mass is 32.2. The number of carbonyl (C=O) groups excluding carboxylic acids is 1. The third-order valence-corrected chi connectivity index (χ3v) is 5.69. The van der Waals surface area contributed by atoms with Crippen molar-refractivity contribution in [2.75, 3.05) is 6.26 Å². The number of carbonyl (C=O) groups is 1. The molecule has 0 saturated carbocycles. The van der Waals surface area contributed by atoms with Crippen LogP contribution in [0.5, 0.6) is 0 Å². The third kappa shape index (κ3) is 5.23. The Morgan fingerprint density at radius 2 is 1.66 bits per heavy atom. The summed E-state index contributed by atoms with van der Waals surface area (Å²) in [6.45, 7) is 6.24. The lowest BCUT2D eigenvalue weighted by Gasteiger charge is -2.16. The van der Waals surface area contributed by atoms with E-state index in [1.54, 1.807) is 4.57 Å². The summed E-state index contributed by atoms with van der Waals surface area (Å²) in [6.07, 6.45) is 1.17. The summed E-state index contributed by atoms with van der Waals surface area (Å²) in [5.74, 6) is 0.430. The zero-order valence-corrected chi connectivity index (χ0v) is 18.0. The molecule has 0 radical (unpaired) electrons. The predicted octanol–water partition coefficient (Wildman–Crippen LogP) is 3.58. The van der Waals surface area contributed by atoms with E-state index >= 15 is 0 Å². The maximum Gasteiger partial charge on any atom is 0.240 e. The minimum atomic E-state index is -3.28. The molecule has 3 aromatic rings. The summed E-state index contributed by atoms with van der Waals surface area (Å²) in [4.78, 5) is 17.1. The molecule has 0 spiro atoms. The maximum atomic E-state index is 12.7. The van der Waals surface area contributed by atoms with Crippen molar-refractivity contribution in [3.63, 3.8) is 0 Å². The van der Waals surface area contributed by atoms with Gasteiger partial charge in [0.15, 0.2) is 9.84 Å². The molecule has 1 amide bonds. The summed E-state index contributed by atoms with van der Waals surface area (Å²) >= 11 is 0. The van der Waals surface area contributed by atoms with E-state index in [4.69, 9.17) is 0 Å². The van der Waals surface area contributed by atoms with Crippen molar-refractivity contribution in [2.45, 2.75) is 45.0 Å². The number of nitrogens with zero attached hydrogens (tertiary/aromatic N) is 2. The van der Waals surface area contributed by atoms with Gasteiger partial charge in [0.2, 0.25) is 5.91 Å². The Morgan fingerprint density at radius 1 is 1.03 bits per heavy atom. The van der Waals surface area contributed by atoms with Crippen LogP contribution in [-0.4, -0.2) is 30.1 Å². The van der Waals surface area contributed by atoms with E-state index in [1.807, 2.05) is 43.3 Å². The van der Waals surface area contributed by atoms with Crippen molar-refractivity contribution in [3.05, 3.63) is 65.5 Å². The molecular formula is C22H27N3O3S. The molecule has 0 aliphatic rings. The zero-order valence-electron chi connectivity index (χ0n) is 17.2.